The van der Waals surface area contributed by atoms with E-state index in [9.17, 15) is 0 Å². The van der Waals surface area contributed by atoms with Gasteiger partial charge in [0, 0.05) is 43.3 Å². The molecule has 0 aromatic carbocycles. The van der Waals surface area contributed by atoms with Crippen LogP contribution < -0.4 is 5.32 Å². The monoisotopic (exact) mass is 329 g/mol. The van der Waals surface area contributed by atoms with Gasteiger partial charge in [-0.1, -0.05) is 34.1 Å². The Kier molecular flexibility index (Phi) is 7.02. The van der Waals surface area contributed by atoms with Gasteiger partial charge in [-0.25, -0.2) is 0 Å². The quantitative estimate of drug-likeness (QED) is 0.808. The van der Waals surface area contributed by atoms with E-state index in [4.69, 9.17) is 4.74 Å². The SMILES string of the molecule is CCCCN1CC(C(C)(C)C)N(C)CC1OCC1CSCN1. The van der Waals surface area contributed by atoms with Crippen LogP contribution >= 0.6 is 11.8 Å². The molecule has 5 heteroatoms. The van der Waals surface area contributed by atoms with Crippen LogP contribution in [0.25, 0.3) is 0 Å². The summed E-state index contributed by atoms with van der Waals surface area (Å²) < 4.78 is 6.32. The van der Waals surface area contributed by atoms with Gasteiger partial charge in [-0.3, -0.25) is 9.80 Å². The number of hydrogen-bond acceptors (Lipinski definition) is 5. The molecule has 0 aromatic rings. The Morgan fingerprint density at radius 2 is 2.05 bits per heavy atom. The van der Waals surface area contributed by atoms with Crippen LogP contribution in [0.4, 0.5) is 0 Å². The number of nitrogens with one attached hydrogen (secondary N) is 1. The van der Waals surface area contributed by atoms with Crippen LogP contribution in [0.3, 0.4) is 0 Å². The average Bonchev–Trinajstić information content (AvgIpc) is 2.95. The molecule has 1 N–H and O–H groups in total. The Labute approximate surface area is 141 Å². The van der Waals surface area contributed by atoms with Crippen molar-refractivity contribution < 1.29 is 4.74 Å². The minimum Gasteiger partial charge on any atom is -0.360 e. The van der Waals surface area contributed by atoms with E-state index in [0.29, 0.717) is 17.5 Å². The van der Waals surface area contributed by atoms with Gasteiger partial charge in [-0.2, -0.15) is 0 Å². The molecule has 0 bridgehead atoms. The van der Waals surface area contributed by atoms with Crippen molar-refractivity contribution in [3.63, 3.8) is 0 Å². The molecule has 2 aliphatic rings. The number of nitrogens with zero attached hydrogens (tertiary/aromatic N) is 2. The maximum absolute atomic E-state index is 6.32. The van der Waals surface area contributed by atoms with Crippen LogP contribution in [0.2, 0.25) is 0 Å². The van der Waals surface area contributed by atoms with E-state index in [1.807, 2.05) is 11.8 Å². The summed E-state index contributed by atoms with van der Waals surface area (Å²) in [5, 5.41) is 3.50. The highest BCUT2D eigenvalue weighted by Crippen LogP contribution is 2.29. The van der Waals surface area contributed by atoms with E-state index < -0.39 is 0 Å². The third kappa shape index (κ3) is 5.10. The van der Waals surface area contributed by atoms with Gasteiger partial charge in [0.15, 0.2) is 0 Å². The van der Waals surface area contributed by atoms with Gasteiger partial charge in [-0.15, -0.1) is 11.8 Å². The summed E-state index contributed by atoms with van der Waals surface area (Å²) in [5.41, 5.74) is 0.313. The summed E-state index contributed by atoms with van der Waals surface area (Å²) in [6, 6.07) is 1.13. The van der Waals surface area contributed by atoms with Crippen molar-refractivity contribution in [1.29, 1.82) is 0 Å². The van der Waals surface area contributed by atoms with Crippen molar-refractivity contribution >= 4 is 11.8 Å². The van der Waals surface area contributed by atoms with Crippen molar-refractivity contribution in [3.8, 4) is 0 Å². The van der Waals surface area contributed by atoms with Gasteiger partial charge in [0.1, 0.15) is 6.23 Å². The molecule has 3 atom stereocenters. The fourth-order valence-electron chi connectivity index (χ4n) is 3.43. The molecule has 0 aliphatic carbocycles. The molecule has 2 rings (SSSR count). The molecule has 130 valence electrons. The van der Waals surface area contributed by atoms with Crippen molar-refractivity contribution in [1.82, 2.24) is 15.1 Å². The maximum atomic E-state index is 6.32. The lowest BCUT2D eigenvalue weighted by Crippen LogP contribution is -2.61. The van der Waals surface area contributed by atoms with Crippen molar-refractivity contribution in [2.24, 2.45) is 5.41 Å². The Morgan fingerprint density at radius 1 is 1.27 bits per heavy atom. The van der Waals surface area contributed by atoms with Crippen molar-refractivity contribution in [3.05, 3.63) is 0 Å². The standard InChI is InChI=1S/C17H35N3OS/c1-6-7-8-20-9-15(17(2,3)4)19(5)10-16(20)21-11-14-12-22-13-18-14/h14-16,18H,6-13H2,1-5H3. The van der Waals surface area contributed by atoms with Crippen LogP contribution in [0.5, 0.6) is 0 Å². The minimum absolute atomic E-state index is 0.252. The van der Waals surface area contributed by atoms with Gasteiger partial charge in [-0.05, 0) is 18.9 Å². The zero-order chi connectivity index (χ0) is 16.2. The molecule has 2 heterocycles. The number of piperazine rings is 1. The molecule has 22 heavy (non-hydrogen) atoms. The summed E-state index contributed by atoms with van der Waals surface area (Å²) in [6.45, 7) is 13.5. The van der Waals surface area contributed by atoms with Crippen LogP contribution in [0, 0.1) is 5.41 Å². The zero-order valence-corrected chi connectivity index (χ0v) is 15.9. The predicted octanol–water partition coefficient (Wildman–Crippen LogP) is 2.45. The molecule has 0 spiro atoms. The molecule has 0 saturated carbocycles. The Balaban J connectivity index is 1.93. The van der Waals surface area contributed by atoms with E-state index in [0.717, 1.165) is 32.1 Å². The first-order valence-electron chi connectivity index (χ1n) is 8.79. The summed E-state index contributed by atoms with van der Waals surface area (Å²) in [4.78, 5) is 5.09. The van der Waals surface area contributed by atoms with Crippen molar-refractivity contribution in [2.45, 2.75) is 58.8 Å². The van der Waals surface area contributed by atoms with Crippen LogP contribution in [0.15, 0.2) is 0 Å². The molecular weight excluding hydrogens is 294 g/mol. The molecule has 3 unspecified atom stereocenters. The molecular formula is C17H35N3OS. The topological polar surface area (TPSA) is 27.7 Å². The molecule has 0 radical (unpaired) electrons. The molecule has 4 nitrogen and oxygen atoms in total. The Hall–Kier alpha value is 0.190. The maximum Gasteiger partial charge on any atom is 0.123 e. The van der Waals surface area contributed by atoms with Crippen LogP contribution in [-0.2, 0) is 4.74 Å². The van der Waals surface area contributed by atoms with E-state index in [2.05, 4.69) is 49.9 Å². The average molecular weight is 330 g/mol. The van der Waals surface area contributed by atoms with Crippen LogP contribution in [-0.4, -0.2) is 73.0 Å². The second kappa shape index (κ2) is 8.34. The normalized spacial score (nSPS) is 31.8. The first-order valence-corrected chi connectivity index (χ1v) is 9.94. The summed E-state index contributed by atoms with van der Waals surface area (Å²) in [5.74, 6) is 2.26. The van der Waals surface area contributed by atoms with Gasteiger partial charge in [0.2, 0.25) is 0 Å². The first kappa shape index (κ1) is 18.5. The van der Waals surface area contributed by atoms with E-state index in [-0.39, 0.29) is 6.23 Å². The van der Waals surface area contributed by atoms with Gasteiger partial charge < -0.3 is 10.1 Å². The summed E-state index contributed by atoms with van der Waals surface area (Å²) in [7, 11) is 2.26. The number of thioether (sulfide) groups is 1. The highest BCUT2D eigenvalue weighted by atomic mass is 32.2. The molecule has 2 fully saturated rings. The number of unbranched alkanes of at least 4 members (excludes halogenated alkanes) is 1. The smallest absolute Gasteiger partial charge is 0.123 e. The second-order valence-corrected chi connectivity index (χ2v) is 8.90. The number of likely N-dealkylation sites (N-methyl/N-ethyl adjacent to an activating group) is 1. The third-order valence-electron chi connectivity index (χ3n) is 4.87. The lowest BCUT2D eigenvalue weighted by atomic mass is 9.84. The van der Waals surface area contributed by atoms with Crippen LogP contribution in [0.1, 0.15) is 40.5 Å². The highest BCUT2D eigenvalue weighted by Gasteiger charge is 2.38. The predicted molar refractivity (Wildman–Crippen MR) is 96.3 cm³/mol. The third-order valence-corrected chi connectivity index (χ3v) is 5.88. The Morgan fingerprint density at radius 3 is 2.64 bits per heavy atom. The van der Waals surface area contributed by atoms with Crippen molar-refractivity contribution in [2.75, 3.05) is 44.9 Å². The van der Waals surface area contributed by atoms with Gasteiger partial charge >= 0.3 is 0 Å². The summed E-state index contributed by atoms with van der Waals surface area (Å²) >= 11 is 1.97. The number of hydrogen-bond donors (Lipinski definition) is 1. The van der Waals surface area contributed by atoms with E-state index in [1.165, 1.54) is 18.6 Å². The zero-order valence-electron chi connectivity index (χ0n) is 15.1. The summed E-state index contributed by atoms with van der Waals surface area (Å²) in [6.07, 6.45) is 2.76. The molecule has 2 aliphatic heterocycles. The lowest BCUT2D eigenvalue weighted by molar-refractivity contribution is -0.129. The molecule has 2 saturated heterocycles. The number of rotatable bonds is 6. The van der Waals surface area contributed by atoms with E-state index >= 15 is 0 Å². The highest BCUT2D eigenvalue weighted by molar-refractivity contribution is 7.99. The van der Waals surface area contributed by atoms with Gasteiger partial charge in [0.05, 0.1) is 6.61 Å². The molecule has 0 aromatic heterocycles. The van der Waals surface area contributed by atoms with Gasteiger partial charge in [0.25, 0.3) is 0 Å². The Bertz CT molecular complexity index is 328. The first-order chi connectivity index (χ1) is 10.4. The fraction of sp³-hybridized carbons (Fsp3) is 1.00. The number of ether oxygens (including phenoxy) is 1. The fourth-order valence-corrected chi connectivity index (χ4v) is 4.40. The van der Waals surface area contributed by atoms with E-state index in [1.54, 1.807) is 0 Å². The minimum atomic E-state index is 0.252. The lowest BCUT2D eigenvalue weighted by Gasteiger charge is -2.49. The largest absolute Gasteiger partial charge is 0.360 e. The molecule has 0 amide bonds. The second-order valence-electron chi connectivity index (χ2n) is 7.87.